The van der Waals surface area contributed by atoms with Gasteiger partial charge in [0.05, 0.1) is 13.7 Å². The molecule has 0 aliphatic carbocycles. The van der Waals surface area contributed by atoms with E-state index < -0.39 is 0 Å². The standard InChI is InChI=1S/C17H16FNO2/c1-20-16-4-6-17(7-5-16)21-12-14-9-13(3-2-8-19)10-15(18)11-14/h4-7,9-11H,8,12,19H2,1H3. The Morgan fingerprint density at radius 1 is 1.10 bits per heavy atom. The molecule has 0 fully saturated rings. The molecule has 0 unspecified atom stereocenters. The van der Waals surface area contributed by atoms with Crippen molar-refractivity contribution in [2.24, 2.45) is 5.73 Å². The van der Waals surface area contributed by atoms with Crippen molar-refractivity contribution >= 4 is 0 Å². The molecule has 2 N–H and O–H groups in total. The molecule has 0 saturated heterocycles. The fraction of sp³-hybridized carbons (Fsp3) is 0.176. The second-order valence-electron chi connectivity index (χ2n) is 4.32. The highest BCUT2D eigenvalue weighted by molar-refractivity contribution is 5.38. The fourth-order valence-corrected chi connectivity index (χ4v) is 1.80. The summed E-state index contributed by atoms with van der Waals surface area (Å²) in [7, 11) is 1.60. The van der Waals surface area contributed by atoms with Crippen molar-refractivity contribution < 1.29 is 13.9 Å². The summed E-state index contributed by atoms with van der Waals surface area (Å²) >= 11 is 0. The smallest absolute Gasteiger partial charge is 0.124 e. The highest BCUT2D eigenvalue weighted by atomic mass is 19.1. The van der Waals surface area contributed by atoms with Crippen LogP contribution in [0.25, 0.3) is 0 Å². The Morgan fingerprint density at radius 3 is 2.48 bits per heavy atom. The van der Waals surface area contributed by atoms with Gasteiger partial charge in [-0.3, -0.25) is 0 Å². The molecule has 0 spiro atoms. The highest BCUT2D eigenvalue weighted by Gasteiger charge is 2.01. The lowest BCUT2D eigenvalue weighted by atomic mass is 10.1. The topological polar surface area (TPSA) is 44.5 Å². The van der Waals surface area contributed by atoms with Gasteiger partial charge < -0.3 is 15.2 Å². The van der Waals surface area contributed by atoms with Gasteiger partial charge in [0.15, 0.2) is 0 Å². The first-order valence-electron chi connectivity index (χ1n) is 6.46. The summed E-state index contributed by atoms with van der Waals surface area (Å²) in [6.45, 7) is 0.510. The maximum atomic E-state index is 13.5. The van der Waals surface area contributed by atoms with Crippen LogP contribution in [-0.4, -0.2) is 13.7 Å². The summed E-state index contributed by atoms with van der Waals surface area (Å²) < 4.78 is 24.2. The Hall–Kier alpha value is -2.51. The minimum Gasteiger partial charge on any atom is -0.497 e. The molecule has 108 valence electrons. The molecular formula is C17H16FNO2. The van der Waals surface area contributed by atoms with Crippen LogP contribution in [0, 0.1) is 17.7 Å². The monoisotopic (exact) mass is 285 g/mol. The molecule has 0 aromatic heterocycles. The van der Waals surface area contributed by atoms with Crippen molar-refractivity contribution in [1.29, 1.82) is 0 Å². The first kappa shape index (κ1) is 14.9. The highest BCUT2D eigenvalue weighted by Crippen LogP contribution is 2.18. The maximum Gasteiger partial charge on any atom is 0.124 e. The van der Waals surface area contributed by atoms with E-state index in [0.717, 1.165) is 5.75 Å². The molecule has 0 radical (unpaired) electrons. The van der Waals surface area contributed by atoms with Crippen LogP contribution in [0.15, 0.2) is 42.5 Å². The van der Waals surface area contributed by atoms with E-state index in [0.29, 0.717) is 16.9 Å². The van der Waals surface area contributed by atoms with Gasteiger partial charge in [-0.15, -0.1) is 0 Å². The molecular weight excluding hydrogens is 269 g/mol. The van der Waals surface area contributed by atoms with Crippen molar-refractivity contribution in [2.75, 3.05) is 13.7 Å². The van der Waals surface area contributed by atoms with Crippen molar-refractivity contribution in [1.82, 2.24) is 0 Å². The van der Waals surface area contributed by atoms with Gasteiger partial charge in [-0.05, 0) is 48.0 Å². The average Bonchev–Trinajstić information content (AvgIpc) is 2.51. The van der Waals surface area contributed by atoms with E-state index in [-0.39, 0.29) is 19.0 Å². The quantitative estimate of drug-likeness (QED) is 0.878. The van der Waals surface area contributed by atoms with Crippen molar-refractivity contribution in [2.45, 2.75) is 6.61 Å². The van der Waals surface area contributed by atoms with E-state index in [2.05, 4.69) is 11.8 Å². The van der Waals surface area contributed by atoms with E-state index in [1.807, 2.05) is 0 Å². The van der Waals surface area contributed by atoms with Crippen molar-refractivity contribution in [3.63, 3.8) is 0 Å². The first-order valence-corrected chi connectivity index (χ1v) is 6.46. The minimum atomic E-state index is -0.341. The molecule has 2 aromatic rings. The molecule has 0 atom stereocenters. The summed E-state index contributed by atoms with van der Waals surface area (Å²) in [6, 6.07) is 11.8. The van der Waals surface area contributed by atoms with Gasteiger partial charge in [0.25, 0.3) is 0 Å². The van der Waals surface area contributed by atoms with Crippen LogP contribution < -0.4 is 15.2 Å². The lowest BCUT2D eigenvalue weighted by Crippen LogP contribution is -1.97. The molecule has 0 aliphatic heterocycles. The third kappa shape index (κ3) is 4.51. The summed E-state index contributed by atoms with van der Waals surface area (Å²) in [6.07, 6.45) is 0. The van der Waals surface area contributed by atoms with E-state index in [4.69, 9.17) is 15.2 Å². The van der Waals surface area contributed by atoms with Gasteiger partial charge >= 0.3 is 0 Å². The molecule has 0 amide bonds. The Balaban J connectivity index is 2.06. The van der Waals surface area contributed by atoms with E-state index >= 15 is 0 Å². The number of methoxy groups -OCH3 is 1. The van der Waals surface area contributed by atoms with Crippen LogP contribution in [0.3, 0.4) is 0 Å². The van der Waals surface area contributed by atoms with E-state index in [1.165, 1.54) is 12.1 Å². The summed E-state index contributed by atoms with van der Waals surface area (Å²) in [4.78, 5) is 0. The summed E-state index contributed by atoms with van der Waals surface area (Å²) in [5.41, 5.74) is 6.61. The number of hydrogen-bond acceptors (Lipinski definition) is 3. The van der Waals surface area contributed by atoms with Gasteiger partial charge in [0.1, 0.15) is 23.9 Å². The average molecular weight is 285 g/mol. The normalized spacial score (nSPS) is 9.67. The van der Waals surface area contributed by atoms with Crippen LogP contribution in [0.4, 0.5) is 4.39 Å². The van der Waals surface area contributed by atoms with E-state index in [1.54, 1.807) is 37.4 Å². The minimum absolute atomic E-state index is 0.244. The lowest BCUT2D eigenvalue weighted by molar-refractivity contribution is 0.305. The van der Waals surface area contributed by atoms with Crippen molar-refractivity contribution in [3.05, 3.63) is 59.4 Å². The molecule has 4 heteroatoms. The first-order chi connectivity index (χ1) is 10.2. The summed E-state index contributed by atoms with van der Waals surface area (Å²) in [5, 5.41) is 0. The fourth-order valence-electron chi connectivity index (χ4n) is 1.80. The number of rotatable bonds is 4. The third-order valence-electron chi connectivity index (χ3n) is 2.76. The zero-order valence-electron chi connectivity index (χ0n) is 11.7. The third-order valence-corrected chi connectivity index (χ3v) is 2.76. The molecule has 0 saturated carbocycles. The Morgan fingerprint density at radius 2 is 1.81 bits per heavy atom. The molecule has 2 rings (SSSR count). The predicted octanol–water partition coefficient (Wildman–Crippen LogP) is 2.72. The van der Waals surface area contributed by atoms with Gasteiger partial charge in [0.2, 0.25) is 0 Å². The molecule has 0 bridgehead atoms. The second-order valence-corrected chi connectivity index (χ2v) is 4.32. The number of nitrogens with two attached hydrogens (primary N) is 1. The van der Waals surface area contributed by atoms with Crippen LogP contribution >= 0.6 is 0 Å². The van der Waals surface area contributed by atoms with Gasteiger partial charge in [-0.25, -0.2) is 4.39 Å². The molecule has 21 heavy (non-hydrogen) atoms. The number of hydrogen-bond donors (Lipinski definition) is 1. The molecule has 0 heterocycles. The Labute approximate surface area is 123 Å². The number of halogens is 1. The van der Waals surface area contributed by atoms with Crippen LogP contribution in [0.2, 0.25) is 0 Å². The SMILES string of the molecule is COc1ccc(OCc2cc(F)cc(C#CCN)c2)cc1. The zero-order valence-corrected chi connectivity index (χ0v) is 11.7. The summed E-state index contributed by atoms with van der Waals surface area (Å²) in [5.74, 6) is 6.62. The Kier molecular flexibility index (Phi) is 5.19. The van der Waals surface area contributed by atoms with Gasteiger partial charge in [-0.2, -0.15) is 0 Å². The molecule has 2 aromatic carbocycles. The lowest BCUT2D eigenvalue weighted by Gasteiger charge is -2.08. The zero-order chi connectivity index (χ0) is 15.1. The van der Waals surface area contributed by atoms with Gasteiger partial charge in [0, 0.05) is 5.56 Å². The molecule has 0 aliphatic rings. The largest absolute Gasteiger partial charge is 0.497 e. The molecule has 3 nitrogen and oxygen atoms in total. The second kappa shape index (κ2) is 7.32. The predicted molar refractivity (Wildman–Crippen MR) is 79.7 cm³/mol. The number of benzene rings is 2. The van der Waals surface area contributed by atoms with Crippen LogP contribution in [0.5, 0.6) is 11.5 Å². The van der Waals surface area contributed by atoms with E-state index in [9.17, 15) is 4.39 Å². The van der Waals surface area contributed by atoms with Crippen molar-refractivity contribution in [3.8, 4) is 23.3 Å². The number of ether oxygens (including phenoxy) is 2. The van der Waals surface area contributed by atoms with Gasteiger partial charge in [-0.1, -0.05) is 11.8 Å². The van der Waals surface area contributed by atoms with Crippen LogP contribution in [-0.2, 0) is 6.61 Å². The Bertz CT molecular complexity index is 657. The van der Waals surface area contributed by atoms with Crippen LogP contribution in [0.1, 0.15) is 11.1 Å². The maximum absolute atomic E-state index is 13.5.